The lowest BCUT2D eigenvalue weighted by molar-refractivity contribution is 0.0429. The summed E-state index contributed by atoms with van der Waals surface area (Å²) in [7, 11) is 0. The molecule has 0 aliphatic heterocycles. The Morgan fingerprint density at radius 1 is 1.52 bits per heavy atom. The lowest BCUT2D eigenvalue weighted by Gasteiger charge is -2.24. The molecule has 0 bridgehead atoms. The summed E-state index contributed by atoms with van der Waals surface area (Å²) in [5.41, 5.74) is -0.993. The molecule has 0 aliphatic rings. The number of carbonyl (C=O) groups is 1. The highest BCUT2D eigenvalue weighted by atomic mass is 32.2. The van der Waals surface area contributed by atoms with Crippen LogP contribution in [-0.4, -0.2) is 28.9 Å². The Balaban J connectivity index is 2.55. The molecular formula is C14H21F2NO2S2. The first kappa shape index (κ1) is 18.4. The molecule has 21 heavy (non-hydrogen) atoms. The van der Waals surface area contributed by atoms with Crippen molar-refractivity contribution in [2.75, 3.05) is 6.54 Å². The summed E-state index contributed by atoms with van der Waals surface area (Å²) in [5, 5.41) is 14.4. The number of halogens is 2. The Bertz CT molecular complexity index is 462. The third-order valence-corrected chi connectivity index (χ3v) is 4.76. The molecule has 1 unspecified atom stereocenters. The third kappa shape index (κ3) is 6.76. The number of rotatable bonds is 8. The molecule has 0 aromatic carbocycles. The molecule has 1 heterocycles. The summed E-state index contributed by atoms with van der Waals surface area (Å²) in [6, 6.07) is 1.51. The second-order valence-electron chi connectivity index (χ2n) is 5.60. The zero-order chi connectivity index (χ0) is 16.0. The Morgan fingerprint density at radius 3 is 2.76 bits per heavy atom. The van der Waals surface area contributed by atoms with Gasteiger partial charge in [0.1, 0.15) is 4.88 Å². The van der Waals surface area contributed by atoms with Crippen molar-refractivity contribution >= 4 is 29.0 Å². The van der Waals surface area contributed by atoms with Gasteiger partial charge in [0.2, 0.25) is 0 Å². The van der Waals surface area contributed by atoms with Gasteiger partial charge in [-0.15, -0.1) is 11.3 Å². The zero-order valence-corrected chi connectivity index (χ0v) is 14.0. The van der Waals surface area contributed by atoms with E-state index in [-0.39, 0.29) is 16.3 Å². The van der Waals surface area contributed by atoms with Crippen LogP contribution in [0, 0.1) is 5.92 Å². The highest BCUT2D eigenvalue weighted by molar-refractivity contribution is 7.99. The van der Waals surface area contributed by atoms with Crippen LogP contribution in [0.2, 0.25) is 0 Å². The Morgan fingerprint density at radius 2 is 2.19 bits per heavy atom. The molecule has 0 fully saturated rings. The average molecular weight is 337 g/mol. The second kappa shape index (κ2) is 8.10. The Labute approximate surface area is 132 Å². The quantitative estimate of drug-likeness (QED) is 0.706. The molecule has 2 N–H and O–H groups in total. The largest absolute Gasteiger partial charge is 0.388 e. The van der Waals surface area contributed by atoms with Gasteiger partial charge in [-0.05, 0) is 37.1 Å². The number of alkyl halides is 2. The molecule has 0 radical (unpaired) electrons. The molecule has 1 rings (SSSR count). The van der Waals surface area contributed by atoms with Crippen molar-refractivity contribution < 1.29 is 18.7 Å². The van der Waals surface area contributed by atoms with Crippen LogP contribution in [0.3, 0.4) is 0 Å². The minimum Gasteiger partial charge on any atom is -0.388 e. The van der Waals surface area contributed by atoms with Crippen molar-refractivity contribution in [3.63, 3.8) is 0 Å². The molecule has 1 amide bonds. The van der Waals surface area contributed by atoms with E-state index in [9.17, 15) is 18.7 Å². The Hall–Kier alpha value is -0.660. The van der Waals surface area contributed by atoms with Gasteiger partial charge in [-0.25, -0.2) is 0 Å². The van der Waals surface area contributed by atoms with E-state index in [2.05, 4.69) is 19.2 Å². The predicted octanol–water partition coefficient (Wildman–Crippen LogP) is 3.98. The maximum absolute atomic E-state index is 12.4. The number of aliphatic hydroxyl groups is 1. The maximum atomic E-state index is 12.4. The smallest absolute Gasteiger partial charge is 0.288 e. The fourth-order valence-electron chi connectivity index (χ4n) is 1.69. The van der Waals surface area contributed by atoms with Gasteiger partial charge < -0.3 is 10.4 Å². The molecule has 1 aromatic rings. The summed E-state index contributed by atoms with van der Waals surface area (Å²) in [5.74, 6) is -2.50. The predicted molar refractivity (Wildman–Crippen MR) is 83.2 cm³/mol. The first-order chi connectivity index (χ1) is 9.71. The molecule has 0 spiro atoms. The van der Waals surface area contributed by atoms with Gasteiger partial charge >= 0.3 is 0 Å². The standard InChI is InChI=1S/C14H21F2NO2S2/c1-9(2)4-6-14(3,19)8-17-12(18)11-10(5-7-20-11)21-13(15)16/h5,7,9,13,19H,4,6,8H2,1-3H3,(H,17,18). The summed E-state index contributed by atoms with van der Waals surface area (Å²) in [6.07, 6.45) is 1.43. The number of hydrogen-bond donors (Lipinski definition) is 2. The topological polar surface area (TPSA) is 49.3 Å². The molecule has 3 nitrogen and oxygen atoms in total. The molecule has 0 saturated carbocycles. The SMILES string of the molecule is CC(C)CCC(C)(O)CNC(=O)c1sccc1SC(F)F. The molecule has 0 aliphatic carbocycles. The average Bonchev–Trinajstić information content (AvgIpc) is 2.81. The molecule has 0 saturated heterocycles. The fraction of sp³-hybridized carbons (Fsp3) is 0.643. The van der Waals surface area contributed by atoms with E-state index in [1.165, 1.54) is 6.07 Å². The minimum absolute atomic E-state index is 0.106. The number of thioether (sulfide) groups is 1. The molecule has 120 valence electrons. The van der Waals surface area contributed by atoms with E-state index in [1.807, 2.05) is 0 Å². The zero-order valence-electron chi connectivity index (χ0n) is 12.4. The number of nitrogens with one attached hydrogen (secondary N) is 1. The first-order valence-electron chi connectivity index (χ1n) is 6.74. The highest BCUT2D eigenvalue weighted by Gasteiger charge is 2.23. The van der Waals surface area contributed by atoms with E-state index in [4.69, 9.17) is 0 Å². The lowest BCUT2D eigenvalue weighted by Crippen LogP contribution is -2.40. The van der Waals surface area contributed by atoms with Gasteiger partial charge in [0.15, 0.2) is 0 Å². The second-order valence-corrected chi connectivity index (χ2v) is 7.55. The van der Waals surface area contributed by atoms with E-state index in [0.29, 0.717) is 24.1 Å². The van der Waals surface area contributed by atoms with Crippen LogP contribution in [0.15, 0.2) is 16.3 Å². The maximum Gasteiger partial charge on any atom is 0.288 e. The summed E-state index contributed by atoms with van der Waals surface area (Å²) in [4.78, 5) is 12.6. The molecule has 7 heteroatoms. The van der Waals surface area contributed by atoms with Crippen LogP contribution in [0.4, 0.5) is 8.78 Å². The van der Waals surface area contributed by atoms with Gasteiger partial charge in [0, 0.05) is 11.4 Å². The van der Waals surface area contributed by atoms with Crippen molar-refractivity contribution in [1.82, 2.24) is 5.32 Å². The van der Waals surface area contributed by atoms with Crippen LogP contribution >= 0.6 is 23.1 Å². The number of carbonyl (C=O) groups excluding carboxylic acids is 1. The van der Waals surface area contributed by atoms with Crippen molar-refractivity contribution in [2.24, 2.45) is 5.92 Å². The first-order valence-corrected chi connectivity index (χ1v) is 8.50. The van der Waals surface area contributed by atoms with Crippen LogP contribution in [0.1, 0.15) is 43.3 Å². The van der Waals surface area contributed by atoms with Gasteiger partial charge in [-0.1, -0.05) is 25.6 Å². The van der Waals surface area contributed by atoms with Crippen molar-refractivity contribution in [3.05, 3.63) is 16.3 Å². The molecular weight excluding hydrogens is 316 g/mol. The lowest BCUT2D eigenvalue weighted by atomic mass is 9.95. The summed E-state index contributed by atoms with van der Waals surface area (Å²) < 4.78 is 24.8. The Kier molecular flexibility index (Phi) is 7.09. The highest BCUT2D eigenvalue weighted by Crippen LogP contribution is 2.31. The third-order valence-electron chi connectivity index (χ3n) is 2.94. The van der Waals surface area contributed by atoms with Crippen LogP contribution in [-0.2, 0) is 0 Å². The molecule has 1 aromatic heterocycles. The van der Waals surface area contributed by atoms with Gasteiger partial charge in [0.25, 0.3) is 11.7 Å². The monoisotopic (exact) mass is 337 g/mol. The van der Waals surface area contributed by atoms with Gasteiger partial charge in [0.05, 0.1) is 5.60 Å². The summed E-state index contributed by atoms with van der Waals surface area (Å²) in [6.45, 7) is 5.90. The van der Waals surface area contributed by atoms with Crippen LogP contribution in [0.5, 0.6) is 0 Å². The number of hydrogen-bond acceptors (Lipinski definition) is 4. The van der Waals surface area contributed by atoms with E-state index < -0.39 is 17.3 Å². The van der Waals surface area contributed by atoms with E-state index in [0.717, 1.165) is 17.8 Å². The van der Waals surface area contributed by atoms with Crippen molar-refractivity contribution in [1.29, 1.82) is 0 Å². The van der Waals surface area contributed by atoms with Gasteiger partial charge in [-0.3, -0.25) is 4.79 Å². The van der Waals surface area contributed by atoms with Gasteiger partial charge in [-0.2, -0.15) is 8.78 Å². The van der Waals surface area contributed by atoms with Crippen LogP contribution in [0.25, 0.3) is 0 Å². The number of amides is 1. The van der Waals surface area contributed by atoms with Crippen molar-refractivity contribution in [2.45, 2.75) is 49.9 Å². The summed E-state index contributed by atoms with van der Waals surface area (Å²) >= 11 is 1.48. The molecule has 1 atom stereocenters. The van der Waals surface area contributed by atoms with Crippen LogP contribution < -0.4 is 5.32 Å². The fourth-order valence-corrected chi connectivity index (χ4v) is 3.31. The number of thiophene rings is 1. The van der Waals surface area contributed by atoms with E-state index >= 15 is 0 Å². The van der Waals surface area contributed by atoms with E-state index in [1.54, 1.807) is 12.3 Å². The normalized spacial score (nSPS) is 14.5. The minimum atomic E-state index is -2.56. The van der Waals surface area contributed by atoms with Crippen molar-refractivity contribution in [3.8, 4) is 0 Å².